The van der Waals surface area contributed by atoms with Crippen LogP contribution in [0.1, 0.15) is 46.0 Å². The molecule has 1 atom stereocenters. The number of hydrogen-bond donors (Lipinski definition) is 1. The molecule has 1 fully saturated rings. The topological polar surface area (TPSA) is 24.5 Å². The van der Waals surface area contributed by atoms with E-state index in [1.165, 1.54) is 45.2 Å². The average molecular weight is 242 g/mol. The molecule has 1 aliphatic rings. The molecule has 1 aliphatic heterocycles. The highest BCUT2D eigenvalue weighted by atomic mass is 16.5. The van der Waals surface area contributed by atoms with Gasteiger partial charge < -0.3 is 15.0 Å². The van der Waals surface area contributed by atoms with Gasteiger partial charge in [-0.25, -0.2) is 0 Å². The Bertz CT molecular complexity index is 185. The molecule has 3 heteroatoms. The molecule has 0 aromatic heterocycles. The number of nitrogens with one attached hydrogen (secondary N) is 1. The molecular weight excluding hydrogens is 212 g/mol. The van der Waals surface area contributed by atoms with Gasteiger partial charge in [-0.3, -0.25) is 0 Å². The summed E-state index contributed by atoms with van der Waals surface area (Å²) in [5, 5.41) is 3.70. The fourth-order valence-electron chi connectivity index (χ4n) is 2.52. The zero-order valence-electron chi connectivity index (χ0n) is 11.9. The number of unbranched alkanes of at least 4 members (excludes halogenated alkanes) is 1. The van der Waals surface area contributed by atoms with Crippen LogP contribution in [0.15, 0.2) is 0 Å². The predicted octanol–water partition coefficient (Wildman–Crippen LogP) is 2.27. The summed E-state index contributed by atoms with van der Waals surface area (Å²) in [4.78, 5) is 2.60. The predicted molar refractivity (Wildman–Crippen MR) is 73.5 cm³/mol. The Kier molecular flexibility index (Phi) is 7.82. The maximum Gasteiger partial charge on any atom is 0.0462 e. The van der Waals surface area contributed by atoms with Gasteiger partial charge in [-0.15, -0.1) is 0 Å². The van der Waals surface area contributed by atoms with Crippen LogP contribution in [0.3, 0.4) is 0 Å². The van der Waals surface area contributed by atoms with Crippen molar-refractivity contribution < 1.29 is 4.74 Å². The molecular formula is C14H30N2O. The lowest BCUT2D eigenvalue weighted by Gasteiger charge is -2.24. The molecule has 0 bridgehead atoms. The third-order valence-corrected chi connectivity index (χ3v) is 3.70. The van der Waals surface area contributed by atoms with E-state index in [0.29, 0.717) is 6.04 Å². The van der Waals surface area contributed by atoms with Crippen molar-refractivity contribution in [1.29, 1.82) is 0 Å². The lowest BCUT2D eigenvalue weighted by molar-refractivity contribution is 0.192. The summed E-state index contributed by atoms with van der Waals surface area (Å²) in [6.45, 7) is 9.19. The maximum atomic E-state index is 5.06. The van der Waals surface area contributed by atoms with Gasteiger partial charge in [-0.1, -0.05) is 0 Å². The van der Waals surface area contributed by atoms with Crippen molar-refractivity contribution in [3.05, 3.63) is 0 Å². The quantitative estimate of drug-likeness (QED) is 0.693. The van der Waals surface area contributed by atoms with Crippen molar-refractivity contribution in [1.82, 2.24) is 10.2 Å². The van der Waals surface area contributed by atoms with E-state index in [9.17, 15) is 0 Å². The molecule has 0 amide bonds. The first-order valence-corrected chi connectivity index (χ1v) is 7.20. The zero-order chi connectivity index (χ0) is 12.5. The average Bonchev–Trinajstić information content (AvgIpc) is 2.54. The summed E-state index contributed by atoms with van der Waals surface area (Å²) in [6, 6.07) is 1.44. The molecule has 1 saturated heterocycles. The van der Waals surface area contributed by atoms with Gasteiger partial charge in [0.2, 0.25) is 0 Å². The molecule has 0 aromatic rings. The Balaban J connectivity index is 2.09. The molecule has 3 nitrogen and oxygen atoms in total. The molecule has 1 unspecified atom stereocenters. The van der Waals surface area contributed by atoms with Crippen LogP contribution in [0.5, 0.6) is 0 Å². The van der Waals surface area contributed by atoms with E-state index in [4.69, 9.17) is 4.74 Å². The first-order chi connectivity index (χ1) is 8.24. The van der Waals surface area contributed by atoms with Crippen LogP contribution in [-0.4, -0.2) is 50.3 Å². The third-order valence-electron chi connectivity index (χ3n) is 3.70. The smallest absolute Gasteiger partial charge is 0.0462 e. The second-order valence-corrected chi connectivity index (χ2v) is 5.41. The summed E-state index contributed by atoms with van der Waals surface area (Å²) in [5.41, 5.74) is 0. The van der Waals surface area contributed by atoms with Crippen molar-refractivity contribution in [2.24, 2.45) is 0 Å². The Morgan fingerprint density at radius 2 is 2.06 bits per heavy atom. The van der Waals surface area contributed by atoms with E-state index < -0.39 is 0 Å². The van der Waals surface area contributed by atoms with E-state index >= 15 is 0 Å². The summed E-state index contributed by atoms with van der Waals surface area (Å²) in [5.74, 6) is 0. The molecule has 102 valence electrons. The van der Waals surface area contributed by atoms with Gasteiger partial charge in [0, 0.05) is 25.8 Å². The second kappa shape index (κ2) is 8.90. The molecule has 0 radical (unpaired) electrons. The molecule has 1 N–H and O–H groups in total. The minimum absolute atomic E-state index is 0.704. The number of methoxy groups -OCH3 is 1. The normalized spacial score (nSPS) is 22.9. The van der Waals surface area contributed by atoms with Crippen LogP contribution >= 0.6 is 0 Å². The highest BCUT2D eigenvalue weighted by molar-refractivity contribution is 4.76. The summed E-state index contributed by atoms with van der Waals surface area (Å²) >= 11 is 0. The number of likely N-dealkylation sites (tertiary alicyclic amines) is 1. The minimum Gasteiger partial charge on any atom is -0.385 e. The molecule has 0 saturated carbocycles. The Labute approximate surface area is 107 Å². The van der Waals surface area contributed by atoms with Crippen LogP contribution in [0.4, 0.5) is 0 Å². The van der Waals surface area contributed by atoms with Crippen LogP contribution < -0.4 is 5.32 Å². The van der Waals surface area contributed by atoms with E-state index in [-0.39, 0.29) is 0 Å². The maximum absolute atomic E-state index is 5.06. The van der Waals surface area contributed by atoms with Crippen LogP contribution in [0, 0.1) is 0 Å². The van der Waals surface area contributed by atoms with Gasteiger partial charge in [0.1, 0.15) is 0 Å². The van der Waals surface area contributed by atoms with E-state index in [1.807, 2.05) is 0 Å². The van der Waals surface area contributed by atoms with Gasteiger partial charge in [-0.2, -0.15) is 0 Å². The lowest BCUT2D eigenvalue weighted by Crippen LogP contribution is -2.34. The van der Waals surface area contributed by atoms with Crippen molar-refractivity contribution in [3.8, 4) is 0 Å². The fraction of sp³-hybridized carbons (Fsp3) is 1.00. The van der Waals surface area contributed by atoms with Crippen molar-refractivity contribution >= 4 is 0 Å². The molecule has 0 aromatic carbocycles. The van der Waals surface area contributed by atoms with Crippen molar-refractivity contribution in [2.75, 3.05) is 33.4 Å². The lowest BCUT2D eigenvalue weighted by atomic mass is 10.1. The van der Waals surface area contributed by atoms with Crippen molar-refractivity contribution in [2.45, 2.75) is 58.0 Å². The van der Waals surface area contributed by atoms with Crippen LogP contribution in [0.25, 0.3) is 0 Å². The first-order valence-electron chi connectivity index (χ1n) is 7.20. The fourth-order valence-corrected chi connectivity index (χ4v) is 2.52. The monoisotopic (exact) mass is 242 g/mol. The summed E-state index contributed by atoms with van der Waals surface area (Å²) in [6.07, 6.45) is 6.40. The highest BCUT2D eigenvalue weighted by Gasteiger charge is 2.17. The molecule has 0 aliphatic carbocycles. The highest BCUT2D eigenvalue weighted by Crippen LogP contribution is 2.13. The van der Waals surface area contributed by atoms with Gasteiger partial charge >= 0.3 is 0 Å². The molecule has 1 heterocycles. The van der Waals surface area contributed by atoms with E-state index in [2.05, 4.69) is 24.1 Å². The molecule has 17 heavy (non-hydrogen) atoms. The SMILES string of the molecule is COCCCCNC1CCCN(C(C)C)CC1. The Hall–Kier alpha value is -0.120. The zero-order valence-corrected chi connectivity index (χ0v) is 11.9. The third kappa shape index (κ3) is 6.39. The summed E-state index contributed by atoms with van der Waals surface area (Å²) < 4.78 is 5.06. The largest absolute Gasteiger partial charge is 0.385 e. The molecule has 1 rings (SSSR count). The van der Waals surface area contributed by atoms with Gasteiger partial charge in [0.15, 0.2) is 0 Å². The van der Waals surface area contributed by atoms with Crippen LogP contribution in [-0.2, 0) is 4.74 Å². The van der Waals surface area contributed by atoms with Gasteiger partial charge in [-0.05, 0) is 65.6 Å². The Morgan fingerprint density at radius 1 is 1.24 bits per heavy atom. The second-order valence-electron chi connectivity index (χ2n) is 5.41. The van der Waals surface area contributed by atoms with E-state index in [1.54, 1.807) is 7.11 Å². The van der Waals surface area contributed by atoms with Crippen molar-refractivity contribution in [3.63, 3.8) is 0 Å². The Morgan fingerprint density at radius 3 is 2.76 bits per heavy atom. The first kappa shape index (κ1) is 14.9. The van der Waals surface area contributed by atoms with Crippen LogP contribution in [0.2, 0.25) is 0 Å². The van der Waals surface area contributed by atoms with Gasteiger partial charge in [0.25, 0.3) is 0 Å². The molecule has 0 spiro atoms. The summed E-state index contributed by atoms with van der Waals surface area (Å²) in [7, 11) is 1.78. The van der Waals surface area contributed by atoms with E-state index in [0.717, 1.165) is 19.2 Å². The standard InChI is InChI=1S/C14H30N2O/c1-13(2)16-10-6-7-14(8-11-16)15-9-4-5-12-17-3/h13-15H,4-12H2,1-3H3. The van der Waals surface area contributed by atoms with Gasteiger partial charge in [0.05, 0.1) is 0 Å². The number of ether oxygens (including phenoxy) is 1. The number of rotatable bonds is 7. The minimum atomic E-state index is 0.704. The number of nitrogens with zero attached hydrogens (tertiary/aromatic N) is 1. The number of hydrogen-bond acceptors (Lipinski definition) is 3.